The fourth-order valence-corrected chi connectivity index (χ4v) is 6.74. The average molecular weight is 568 g/mol. The van der Waals surface area contributed by atoms with Crippen molar-refractivity contribution in [3.8, 4) is 0 Å². The number of esters is 1. The lowest BCUT2D eigenvalue weighted by Gasteiger charge is -2.39. The fraction of sp³-hybridized carbons (Fsp3) is 0.400. The summed E-state index contributed by atoms with van der Waals surface area (Å²) in [5.41, 5.74) is 2.75. The van der Waals surface area contributed by atoms with Crippen molar-refractivity contribution < 1.29 is 19.1 Å². The van der Waals surface area contributed by atoms with Crippen LogP contribution < -0.4 is 0 Å². The molecule has 2 amide bonds. The summed E-state index contributed by atoms with van der Waals surface area (Å²) in [4.78, 5) is 45.4. The number of piperidine rings is 1. The maximum atomic E-state index is 14.0. The number of carbonyl (C=O) groups excluding carboxylic acids is 3. The van der Waals surface area contributed by atoms with Crippen molar-refractivity contribution in [2.75, 3.05) is 33.8 Å². The Morgan fingerprint density at radius 3 is 1.67 bits per heavy atom. The van der Waals surface area contributed by atoms with Gasteiger partial charge >= 0.3 is 5.97 Å². The molecule has 2 saturated heterocycles. The minimum absolute atomic E-state index is 0.0597. The molecular weight excluding hydrogens is 526 g/mol. The lowest BCUT2D eigenvalue weighted by Crippen LogP contribution is -2.51. The summed E-state index contributed by atoms with van der Waals surface area (Å²) in [6.45, 7) is 5.51. The predicted octanol–water partition coefficient (Wildman–Crippen LogP) is 4.56. The molecule has 0 radical (unpaired) electrons. The van der Waals surface area contributed by atoms with E-state index in [4.69, 9.17) is 4.74 Å². The summed E-state index contributed by atoms with van der Waals surface area (Å²) >= 11 is 0. The van der Waals surface area contributed by atoms with E-state index >= 15 is 0 Å². The van der Waals surface area contributed by atoms with Gasteiger partial charge in [-0.3, -0.25) is 14.5 Å². The molecule has 0 bridgehead atoms. The molecule has 0 spiro atoms. The second-order valence-electron chi connectivity index (χ2n) is 11.7. The first-order valence-corrected chi connectivity index (χ1v) is 14.9. The molecule has 0 N–H and O–H groups in total. The minimum atomic E-state index is -0.621. The summed E-state index contributed by atoms with van der Waals surface area (Å²) in [5, 5.41) is 0. The van der Waals surface area contributed by atoms with Gasteiger partial charge in [0, 0.05) is 32.6 Å². The van der Waals surface area contributed by atoms with E-state index in [1.165, 1.54) is 12.0 Å². The molecule has 2 fully saturated rings. The van der Waals surface area contributed by atoms with Crippen LogP contribution in [0, 0.1) is 11.8 Å². The van der Waals surface area contributed by atoms with Crippen LogP contribution in [0.5, 0.6) is 0 Å². The van der Waals surface area contributed by atoms with Crippen LogP contribution in [0.1, 0.15) is 43.4 Å². The Labute approximate surface area is 249 Å². The van der Waals surface area contributed by atoms with Gasteiger partial charge < -0.3 is 14.5 Å². The third-order valence-corrected chi connectivity index (χ3v) is 8.90. The average Bonchev–Trinajstić information content (AvgIpc) is 3.83. The van der Waals surface area contributed by atoms with Crippen LogP contribution in [0.15, 0.2) is 91.0 Å². The Morgan fingerprint density at radius 1 is 0.810 bits per heavy atom. The zero-order valence-electron chi connectivity index (χ0n) is 25.0. The van der Waals surface area contributed by atoms with Crippen LogP contribution in [-0.2, 0) is 24.7 Å². The highest BCUT2D eigenvalue weighted by molar-refractivity contribution is 5.87. The molecule has 0 aromatic heterocycles. The van der Waals surface area contributed by atoms with Gasteiger partial charge in [-0.15, -0.1) is 0 Å². The first-order chi connectivity index (χ1) is 20.3. The molecule has 3 aromatic rings. The first-order valence-electron chi connectivity index (χ1n) is 14.9. The Kier molecular flexibility index (Phi) is 8.78. The molecular formula is C35H41N3O4. The second kappa shape index (κ2) is 12.5. The second-order valence-corrected chi connectivity index (χ2v) is 11.7. The molecule has 42 heavy (non-hydrogen) atoms. The van der Waals surface area contributed by atoms with Crippen molar-refractivity contribution in [3.63, 3.8) is 0 Å². The van der Waals surface area contributed by atoms with Crippen LogP contribution in [0.3, 0.4) is 0 Å². The molecule has 2 aliphatic heterocycles. The normalized spacial score (nSPS) is 19.7. The number of ether oxygens (including phenoxy) is 1. The number of amides is 2. The van der Waals surface area contributed by atoms with Gasteiger partial charge in [-0.05, 0) is 35.4 Å². The molecule has 3 aromatic carbocycles. The smallest absolute Gasteiger partial charge is 0.328 e. The van der Waals surface area contributed by atoms with Crippen LogP contribution in [0.25, 0.3) is 0 Å². The zero-order chi connectivity index (χ0) is 29.9. The standard InChI is InChI=1S/C35H41N3O4/c1-25(2)31(34(41)42-4)36(3)32(39)26-20-22-37(23-21-26)33(40)30-24-38(30)35(27-14-8-5-9-15-27,28-16-10-6-11-17-28)29-18-12-7-13-19-29/h5-19,25-26,30-31H,20-24H2,1-4H3/t30-,31-,38?/m0/s1. The first kappa shape index (κ1) is 29.5. The fourth-order valence-electron chi connectivity index (χ4n) is 6.74. The summed E-state index contributed by atoms with van der Waals surface area (Å²) in [5.74, 6) is -0.641. The van der Waals surface area contributed by atoms with Crippen LogP contribution in [0.2, 0.25) is 0 Å². The summed E-state index contributed by atoms with van der Waals surface area (Å²) in [6, 6.07) is 30.4. The van der Waals surface area contributed by atoms with E-state index in [2.05, 4.69) is 77.7 Å². The summed E-state index contributed by atoms with van der Waals surface area (Å²) in [7, 11) is 3.03. The molecule has 0 saturated carbocycles. The van der Waals surface area contributed by atoms with Crippen molar-refractivity contribution in [2.45, 2.75) is 44.3 Å². The van der Waals surface area contributed by atoms with E-state index in [0.29, 0.717) is 32.5 Å². The van der Waals surface area contributed by atoms with E-state index in [1.54, 1.807) is 7.05 Å². The number of methoxy groups -OCH3 is 1. The molecule has 1 unspecified atom stereocenters. The Hall–Kier alpha value is -3.97. The van der Waals surface area contributed by atoms with Crippen molar-refractivity contribution in [3.05, 3.63) is 108 Å². The van der Waals surface area contributed by atoms with Crippen LogP contribution in [-0.4, -0.2) is 78.4 Å². The monoisotopic (exact) mass is 567 g/mol. The number of benzene rings is 3. The van der Waals surface area contributed by atoms with E-state index in [0.717, 1.165) is 16.7 Å². The van der Waals surface area contributed by atoms with Gasteiger partial charge in [-0.2, -0.15) is 0 Å². The van der Waals surface area contributed by atoms with Crippen molar-refractivity contribution in [1.82, 2.24) is 14.7 Å². The minimum Gasteiger partial charge on any atom is -0.467 e. The van der Waals surface area contributed by atoms with E-state index < -0.39 is 17.6 Å². The molecule has 7 heteroatoms. The quantitative estimate of drug-likeness (QED) is 0.216. The number of carbonyl (C=O) groups is 3. The lowest BCUT2D eigenvalue weighted by atomic mass is 9.76. The Morgan fingerprint density at radius 2 is 1.26 bits per heavy atom. The van der Waals surface area contributed by atoms with Crippen molar-refractivity contribution >= 4 is 17.8 Å². The highest BCUT2D eigenvalue weighted by Gasteiger charge is 2.57. The maximum Gasteiger partial charge on any atom is 0.328 e. The van der Waals surface area contributed by atoms with Crippen molar-refractivity contribution in [1.29, 1.82) is 0 Å². The van der Waals surface area contributed by atoms with E-state index in [1.807, 2.05) is 36.9 Å². The summed E-state index contributed by atoms with van der Waals surface area (Å²) in [6.07, 6.45) is 1.16. The van der Waals surface area contributed by atoms with Gasteiger partial charge in [0.05, 0.1) is 12.6 Å². The highest BCUT2D eigenvalue weighted by Crippen LogP contribution is 2.48. The predicted molar refractivity (Wildman–Crippen MR) is 162 cm³/mol. The number of nitrogens with zero attached hydrogens (tertiary/aromatic N) is 3. The Balaban J connectivity index is 1.35. The van der Waals surface area contributed by atoms with Gasteiger partial charge in [0.15, 0.2) is 0 Å². The number of likely N-dealkylation sites (N-methyl/N-ethyl adjacent to an activating group) is 1. The topological polar surface area (TPSA) is 69.9 Å². The van der Waals surface area contributed by atoms with Gasteiger partial charge in [-0.1, -0.05) is 105 Å². The van der Waals surface area contributed by atoms with Crippen LogP contribution >= 0.6 is 0 Å². The molecule has 5 rings (SSSR count). The number of hydrogen-bond donors (Lipinski definition) is 0. The summed E-state index contributed by atoms with van der Waals surface area (Å²) < 4.78 is 4.96. The highest BCUT2D eigenvalue weighted by atomic mass is 16.5. The van der Waals surface area contributed by atoms with Gasteiger partial charge in [0.1, 0.15) is 12.1 Å². The van der Waals surface area contributed by atoms with E-state index in [9.17, 15) is 14.4 Å². The molecule has 0 aliphatic carbocycles. The van der Waals surface area contributed by atoms with E-state index in [-0.39, 0.29) is 29.7 Å². The zero-order valence-corrected chi connectivity index (χ0v) is 25.0. The maximum absolute atomic E-state index is 14.0. The molecule has 2 heterocycles. The van der Waals surface area contributed by atoms with Gasteiger partial charge in [0.25, 0.3) is 0 Å². The molecule has 220 valence electrons. The van der Waals surface area contributed by atoms with Gasteiger partial charge in [0.2, 0.25) is 11.8 Å². The molecule has 2 aliphatic rings. The third-order valence-electron chi connectivity index (χ3n) is 8.90. The Bertz CT molecular complexity index is 1270. The van der Waals surface area contributed by atoms with Gasteiger partial charge in [-0.25, -0.2) is 4.79 Å². The number of hydrogen-bond acceptors (Lipinski definition) is 5. The number of rotatable bonds is 9. The largest absolute Gasteiger partial charge is 0.467 e. The third kappa shape index (κ3) is 5.45. The molecule has 7 nitrogen and oxygen atoms in total. The molecule has 3 atom stereocenters. The van der Waals surface area contributed by atoms with Crippen molar-refractivity contribution in [2.24, 2.45) is 11.8 Å². The number of likely N-dealkylation sites (tertiary alicyclic amines) is 1. The SMILES string of the molecule is COC(=O)[C@H](C(C)C)N(C)C(=O)C1CCN(C(=O)[C@@H]2CN2C(c2ccccc2)(c2ccccc2)c2ccccc2)CC1. The lowest BCUT2D eigenvalue weighted by molar-refractivity contribution is -0.156. The van der Waals surface area contributed by atoms with Crippen LogP contribution in [0.4, 0.5) is 0 Å².